The predicted octanol–water partition coefficient (Wildman–Crippen LogP) is 3.43. The van der Waals surface area contributed by atoms with Gasteiger partial charge in [-0.15, -0.1) is 0 Å². The Balaban J connectivity index is 1.57. The summed E-state index contributed by atoms with van der Waals surface area (Å²) in [6.45, 7) is 8.01. The van der Waals surface area contributed by atoms with Crippen molar-refractivity contribution in [2.75, 3.05) is 7.11 Å². The number of aromatic nitrogens is 1. The molecule has 2 N–H and O–H groups in total. The van der Waals surface area contributed by atoms with Crippen molar-refractivity contribution in [3.63, 3.8) is 0 Å². The lowest BCUT2D eigenvalue weighted by Crippen LogP contribution is -2.57. The lowest BCUT2D eigenvalue weighted by Gasteiger charge is -2.48. The number of ether oxygens (including phenoxy) is 4. The number of hydrogen-bond donors (Lipinski definition) is 2. The second-order valence-electron chi connectivity index (χ2n) is 10.8. The molecule has 8 nitrogen and oxygen atoms in total. The molecule has 0 aromatic carbocycles. The highest BCUT2D eigenvalue weighted by Gasteiger charge is 2.69. The quantitative estimate of drug-likeness (QED) is 0.483. The minimum Gasteiger partial charge on any atom is -0.460 e. The molecular weight excluding hydrogens is 462 g/mol. The summed E-state index contributed by atoms with van der Waals surface area (Å²) in [6.07, 6.45) is 6.19. The first-order chi connectivity index (χ1) is 17.2. The van der Waals surface area contributed by atoms with Gasteiger partial charge in [0, 0.05) is 42.9 Å². The number of aliphatic hydroxyl groups excluding tert-OH is 1. The first-order valence-corrected chi connectivity index (χ1v) is 13.0. The normalized spacial score (nSPS) is 45.3. The number of aromatic amines is 1. The summed E-state index contributed by atoms with van der Waals surface area (Å²) < 4.78 is 24.4. The molecule has 11 atom stereocenters. The van der Waals surface area contributed by atoms with Crippen LogP contribution >= 0.6 is 0 Å². The number of rotatable bonds is 4. The van der Waals surface area contributed by atoms with Crippen molar-refractivity contribution in [1.29, 1.82) is 0 Å². The van der Waals surface area contributed by atoms with Gasteiger partial charge in [0.1, 0.15) is 29.6 Å². The first kappa shape index (κ1) is 25.2. The Labute approximate surface area is 212 Å². The molecule has 2 aliphatic heterocycles. The summed E-state index contributed by atoms with van der Waals surface area (Å²) in [5, 5.41) is 11.7. The van der Waals surface area contributed by atoms with Crippen LogP contribution in [-0.4, -0.2) is 65.3 Å². The average molecular weight is 500 g/mol. The number of H-pyrrole nitrogens is 1. The van der Waals surface area contributed by atoms with E-state index < -0.39 is 36.0 Å². The maximum absolute atomic E-state index is 13.0. The van der Waals surface area contributed by atoms with Gasteiger partial charge in [0.05, 0.1) is 6.10 Å². The molecule has 3 heterocycles. The van der Waals surface area contributed by atoms with Gasteiger partial charge in [0.15, 0.2) is 6.10 Å². The Kier molecular flexibility index (Phi) is 6.64. The molecule has 4 bridgehead atoms. The van der Waals surface area contributed by atoms with E-state index in [0.29, 0.717) is 18.5 Å². The van der Waals surface area contributed by atoms with Crippen LogP contribution in [0, 0.1) is 29.6 Å². The number of nitrogens with one attached hydrogen (secondary N) is 1. The predicted molar refractivity (Wildman–Crippen MR) is 131 cm³/mol. The number of aliphatic hydroxyl groups is 1. The van der Waals surface area contributed by atoms with Crippen molar-refractivity contribution in [1.82, 2.24) is 4.98 Å². The van der Waals surface area contributed by atoms with Gasteiger partial charge in [-0.1, -0.05) is 39.0 Å². The van der Waals surface area contributed by atoms with Gasteiger partial charge in [-0.05, 0) is 37.5 Å². The molecule has 36 heavy (non-hydrogen) atoms. The highest BCUT2D eigenvalue weighted by molar-refractivity contribution is 5.87. The fourth-order valence-corrected chi connectivity index (χ4v) is 7.09. The van der Waals surface area contributed by atoms with Crippen molar-refractivity contribution in [2.24, 2.45) is 29.6 Å². The fourth-order valence-electron chi connectivity index (χ4n) is 7.09. The third kappa shape index (κ3) is 3.76. The van der Waals surface area contributed by atoms with Crippen molar-refractivity contribution >= 4 is 11.9 Å². The van der Waals surface area contributed by atoms with Crippen LogP contribution in [0.1, 0.15) is 51.0 Å². The number of hydrogen-bond acceptors (Lipinski definition) is 7. The molecule has 0 radical (unpaired) electrons. The Morgan fingerprint density at radius 1 is 1.31 bits per heavy atom. The van der Waals surface area contributed by atoms with Crippen LogP contribution in [-0.2, 0) is 23.7 Å². The standard InChI is InChI=1S/C28H37NO7/c1-6-20-14(2)12-15(3)28-17(13-21(33-5)27(32)34-20)9-10-18-22(28)23(30)16(4)24(25(18)36-28)35-26(31)19-8-7-11-29-19/h7-12,14,16-18,20-25,29-30H,6,13H2,1-5H3/b15-12-/t14-,16-,17-,18-,20-,21+,22+,23-,24-,25-,28+/m1/s1. The van der Waals surface area contributed by atoms with Gasteiger partial charge < -0.3 is 29.0 Å². The zero-order valence-electron chi connectivity index (χ0n) is 21.5. The third-order valence-corrected chi connectivity index (χ3v) is 8.95. The molecule has 0 unspecified atom stereocenters. The van der Waals surface area contributed by atoms with E-state index in [1.54, 1.807) is 18.3 Å². The van der Waals surface area contributed by atoms with E-state index >= 15 is 0 Å². The molecule has 8 heteroatoms. The maximum atomic E-state index is 13.0. The zero-order chi connectivity index (χ0) is 25.8. The number of carbonyl (C=O) groups excluding carboxylic acids is 2. The van der Waals surface area contributed by atoms with E-state index in [2.05, 4.69) is 30.1 Å². The number of methoxy groups -OCH3 is 1. The number of cyclic esters (lactones) is 1. The van der Waals surface area contributed by atoms with Gasteiger partial charge >= 0.3 is 11.9 Å². The molecule has 0 amide bonds. The molecule has 1 aromatic rings. The summed E-state index contributed by atoms with van der Waals surface area (Å²) >= 11 is 0. The van der Waals surface area contributed by atoms with E-state index in [0.717, 1.165) is 5.57 Å². The van der Waals surface area contributed by atoms with Crippen molar-refractivity contribution < 1.29 is 33.6 Å². The van der Waals surface area contributed by atoms with E-state index in [9.17, 15) is 14.7 Å². The summed E-state index contributed by atoms with van der Waals surface area (Å²) in [5.41, 5.74) is 0.532. The largest absolute Gasteiger partial charge is 0.460 e. The minimum absolute atomic E-state index is 0.0472. The van der Waals surface area contributed by atoms with Crippen LogP contribution in [0.5, 0.6) is 0 Å². The first-order valence-electron chi connectivity index (χ1n) is 13.0. The topological polar surface area (TPSA) is 107 Å². The summed E-state index contributed by atoms with van der Waals surface area (Å²) in [4.78, 5) is 28.8. The summed E-state index contributed by atoms with van der Waals surface area (Å²) in [6, 6.07) is 3.41. The molecular formula is C28H37NO7. The molecule has 2 fully saturated rings. The SMILES string of the molecule is CC[C@H]1OC(=O)[C@@H](OC)C[C@H]2C=C[C@H]3[C@H]4O[C@]2(/C(C)=C\[C@H]1C)[C@@H]3[C@H](O)[C@@H](C)[C@H]4OC(=O)c1ccc[nH]1. The smallest absolute Gasteiger partial charge is 0.355 e. The van der Waals surface area contributed by atoms with Crippen LogP contribution in [0.3, 0.4) is 0 Å². The Hall–Kier alpha value is -2.42. The van der Waals surface area contributed by atoms with Crippen molar-refractivity contribution in [3.8, 4) is 0 Å². The van der Waals surface area contributed by atoms with Gasteiger partial charge in [-0.2, -0.15) is 0 Å². The van der Waals surface area contributed by atoms with E-state index in [1.807, 2.05) is 20.8 Å². The molecule has 4 aliphatic rings. The molecule has 1 spiro atoms. The van der Waals surface area contributed by atoms with Crippen LogP contribution < -0.4 is 0 Å². The highest BCUT2D eigenvalue weighted by Crippen LogP contribution is 2.61. The third-order valence-electron chi connectivity index (χ3n) is 8.95. The van der Waals surface area contributed by atoms with Gasteiger partial charge in [0.2, 0.25) is 0 Å². The van der Waals surface area contributed by atoms with Gasteiger partial charge in [0.25, 0.3) is 0 Å². The lowest BCUT2D eigenvalue weighted by atomic mass is 9.57. The van der Waals surface area contributed by atoms with Gasteiger partial charge in [-0.25, -0.2) is 9.59 Å². The fraction of sp³-hybridized carbons (Fsp3) is 0.643. The number of esters is 2. The maximum Gasteiger partial charge on any atom is 0.355 e. The van der Waals surface area contributed by atoms with Gasteiger partial charge in [-0.3, -0.25) is 0 Å². The van der Waals surface area contributed by atoms with E-state index in [-0.39, 0.29) is 41.7 Å². The Morgan fingerprint density at radius 2 is 2.08 bits per heavy atom. The van der Waals surface area contributed by atoms with Crippen molar-refractivity contribution in [3.05, 3.63) is 47.8 Å². The Morgan fingerprint density at radius 3 is 2.75 bits per heavy atom. The van der Waals surface area contributed by atoms with Crippen molar-refractivity contribution in [2.45, 2.75) is 76.7 Å². The Bertz CT molecular complexity index is 1050. The summed E-state index contributed by atoms with van der Waals surface area (Å²) in [5.74, 6) is -1.78. The molecule has 1 saturated carbocycles. The highest BCUT2D eigenvalue weighted by atomic mass is 16.6. The average Bonchev–Trinajstić information content (AvgIpc) is 3.46. The molecule has 2 aliphatic carbocycles. The zero-order valence-corrected chi connectivity index (χ0v) is 21.5. The minimum atomic E-state index is -0.841. The molecule has 1 saturated heterocycles. The summed E-state index contributed by atoms with van der Waals surface area (Å²) in [7, 11) is 1.52. The number of carbonyl (C=O) groups is 2. The second-order valence-corrected chi connectivity index (χ2v) is 10.8. The second kappa shape index (κ2) is 9.47. The van der Waals surface area contributed by atoms with Crippen LogP contribution in [0.25, 0.3) is 0 Å². The molecule has 196 valence electrons. The molecule has 1 aromatic heterocycles. The van der Waals surface area contributed by atoms with Crippen LogP contribution in [0.4, 0.5) is 0 Å². The monoisotopic (exact) mass is 499 g/mol. The lowest BCUT2D eigenvalue weighted by molar-refractivity contribution is -0.166. The van der Waals surface area contributed by atoms with E-state index in [1.165, 1.54) is 7.11 Å². The van der Waals surface area contributed by atoms with Crippen LogP contribution in [0.2, 0.25) is 0 Å². The van der Waals surface area contributed by atoms with E-state index in [4.69, 9.17) is 18.9 Å². The molecule has 5 rings (SSSR count). The van der Waals surface area contributed by atoms with Crippen LogP contribution in [0.15, 0.2) is 42.1 Å².